The van der Waals surface area contributed by atoms with E-state index in [9.17, 15) is 40.5 Å². The van der Waals surface area contributed by atoms with Crippen molar-refractivity contribution in [2.75, 3.05) is 13.2 Å². The van der Waals surface area contributed by atoms with Crippen LogP contribution in [0.1, 0.15) is 251 Å². The number of aliphatic hydroxyl groups is 7. The molecule has 9 atom stereocenters. The molecule has 0 spiro atoms. The second-order valence-electron chi connectivity index (χ2n) is 19.3. The quantitative estimate of drug-likeness (QED) is 0.0216. The number of ether oxygens (including phenoxy) is 2. The van der Waals surface area contributed by atoms with Gasteiger partial charge in [0.15, 0.2) is 6.29 Å². The van der Waals surface area contributed by atoms with Crippen molar-refractivity contribution in [1.29, 1.82) is 0 Å². The Balaban J connectivity index is 2.37. The molecule has 380 valence electrons. The van der Waals surface area contributed by atoms with Crippen LogP contribution >= 0.6 is 0 Å². The van der Waals surface area contributed by atoms with Crippen LogP contribution in [0, 0.1) is 0 Å². The van der Waals surface area contributed by atoms with Crippen LogP contribution in [0.15, 0.2) is 12.2 Å². The third kappa shape index (κ3) is 31.8. The molecule has 11 nitrogen and oxygen atoms in total. The van der Waals surface area contributed by atoms with Gasteiger partial charge < -0.3 is 50.5 Å². The summed E-state index contributed by atoms with van der Waals surface area (Å²) in [5, 5.41) is 76.0. The van der Waals surface area contributed by atoms with Gasteiger partial charge in [0.05, 0.1) is 25.4 Å². The number of rotatable bonds is 46. The summed E-state index contributed by atoms with van der Waals surface area (Å²) in [5.41, 5.74) is 0. The zero-order valence-electron chi connectivity index (χ0n) is 41.3. The van der Waals surface area contributed by atoms with Crippen molar-refractivity contribution in [1.82, 2.24) is 5.32 Å². The maximum atomic E-state index is 13.1. The molecule has 0 aromatic heterocycles. The van der Waals surface area contributed by atoms with Gasteiger partial charge in [-0.05, 0) is 38.5 Å². The summed E-state index contributed by atoms with van der Waals surface area (Å²) in [4.78, 5) is 13.1. The molecular formula is C53H103NO10. The van der Waals surface area contributed by atoms with Crippen LogP contribution in [0.5, 0.6) is 0 Å². The minimum Gasteiger partial charge on any atom is -0.394 e. The van der Waals surface area contributed by atoms with Crippen LogP contribution in [0.3, 0.4) is 0 Å². The van der Waals surface area contributed by atoms with Gasteiger partial charge in [-0.2, -0.15) is 0 Å². The third-order valence-electron chi connectivity index (χ3n) is 13.3. The standard InChI is InChI=1S/C53H103NO10/c1-3-5-7-9-11-13-15-17-19-21-23-25-27-29-31-33-35-37-39-41-46(57)52(62)54-44(43-63-53-51(61)50(60)49(59)47(42-55)64-53)48(58)45(56)40-38-36-34-32-30-28-26-24-22-20-18-16-14-12-10-8-6-4-2/h32,34,44-51,53,55-61H,3-31,33,35-43H2,1-2H3,(H,54,62)/b34-32+. The van der Waals surface area contributed by atoms with Gasteiger partial charge in [-0.1, -0.05) is 225 Å². The summed E-state index contributed by atoms with van der Waals surface area (Å²) in [6.07, 6.45) is 36.9. The zero-order chi connectivity index (χ0) is 46.9. The second kappa shape index (κ2) is 43.2. The molecule has 1 heterocycles. The fourth-order valence-electron chi connectivity index (χ4n) is 8.85. The van der Waals surface area contributed by atoms with Crippen LogP contribution in [-0.4, -0.2) is 110 Å². The van der Waals surface area contributed by atoms with E-state index in [0.717, 1.165) is 38.5 Å². The van der Waals surface area contributed by atoms with Gasteiger partial charge in [0.1, 0.15) is 36.6 Å². The van der Waals surface area contributed by atoms with Crippen LogP contribution < -0.4 is 5.32 Å². The van der Waals surface area contributed by atoms with E-state index in [1.807, 2.05) is 0 Å². The van der Waals surface area contributed by atoms with E-state index in [-0.39, 0.29) is 12.8 Å². The molecule has 11 heteroatoms. The minimum absolute atomic E-state index is 0.259. The minimum atomic E-state index is -1.66. The predicted molar refractivity (Wildman–Crippen MR) is 261 cm³/mol. The molecule has 8 N–H and O–H groups in total. The Morgan fingerprint density at radius 3 is 1.34 bits per heavy atom. The summed E-state index contributed by atoms with van der Waals surface area (Å²) in [6.45, 7) is 3.46. The molecule has 1 fully saturated rings. The molecule has 9 unspecified atom stereocenters. The summed E-state index contributed by atoms with van der Waals surface area (Å²) in [6, 6.07) is -1.18. The Kier molecular flexibility index (Phi) is 41.0. The summed E-state index contributed by atoms with van der Waals surface area (Å²) >= 11 is 0. The fourth-order valence-corrected chi connectivity index (χ4v) is 8.85. The van der Waals surface area contributed by atoms with Crippen LogP contribution in [0.25, 0.3) is 0 Å². The molecule has 0 aromatic carbocycles. The highest BCUT2D eigenvalue weighted by Crippen LogP contribution is 2.23. The van der Waals surface area contributed by atoms with Gasteiger partial charge in [0.25, 0.3) is 0 Å². The predicted octanol–water partition coefficient (Wildman–Crippen LogP) is 10.4. The van der Waals surface area contributed by atoms with Gasteiger partial charge >= 0.3 is 0 Å². The number of nitrogens with one attached hydrogen (secondary N) is 1. The Labute approximate surface area is 392 Å². The van der Waals surface area contributed by atoms with Crippen molar-refractivity contribution in [2.24, 2.45) is 0 Å². The highest BCUT2D eigenvalue weighted by atomic mass is 16.7. The molecule has 1 rings (SSSR count). The van der Waals surface area contributed by atoms with Crippen LogP contribution in [0.4, 0.5) is 0 Å². The van der Waals surface area contributed by atoms with Gasteiger partial charge in [0, 0.05) is 0 Å². The zero-order valence-corrected chi connectivity index (χ0v) is 41.3. The third-order valence-corrected chi connectivity index (χ3v) is 13.3. The molecular weight excluding hydrogens is 811 g/mol. The SMILES string of the molecule is CCCCCCCCCCCCCCC/C=C/CCCC(O)C(O)C(COC1OC(CO)C(O)C(O)C1O)NC(=O)C(O)CCCCCCCCCCCCCCCCCCCCC. The van der Waals surface area contributed by atoms with E-state index in [4.69, 9.17) is 9.47 Å². The van der Waals surface area contributed by atoms with Gasteiger partial charge in [-0.3, -0.25) is 4.79 Å². The van der Waals surface area contributed by atoms with Gasteiger partial charge in [-0.15, -0.1) is 0 Å². The molecule has 0 radical (unpaired) electrons. The van der Waals surface area contributed by atoms with Gasteiger partial charge in [0.2, 0.25) is 5.91 Å². The van der Waals surface area contributed by atoms with E-state index >= 15 is 0 Å². The first-order chi connectivity index (χ1) is 31.2. The van der Waals surface area contributed by atoms with Crippen molar-refractivity contribution >= 4 is 5.91 Å². The first-order valence-corrected chi connectivity index (χ1v) is 27.1. The monoisotopic (exact) mass is 914 g/mol. The smallest absolute Gasteiger partial charge is 0.249 e. The Bertz CT molecular complexity index is 1050. The highest BCUT2D eigenvalue weighted by Gasteiger charge is 2.44. The van der Waals surface area contributed by atoms with Crippen molar-refractivity contribution in [2.45, 2.75) is 306 Å². The molecule has 1 aliphatic rings. The average molecular weight is 914 g/mol. The van der Waals surface area contributed by atoms with Crippen molar-refractivity contribution in [3.63, 3.8) is 0 Å². The Hall–Kier alpha value is -1.15. The molecule has 1 aliphatic heterocycles. The molecule has 1 amide bonds. The van der Waals surface area contributed by atoms with Crippen molar-refractivity contribution in [3.05, 3.63) is 12.2 Å². The van der Waals surface area contributed by atoms with E-state index in [1.54, 1.807) is 0 Å². The second-order valence-corrected chi connectivity index (χ2v) is 19.3. The number of unbranched alkanes of at least 4 members (excludes halogenated alkanes) is 32. The van der Waals surface area contributed by atoms with Crippen molar-refractivity contribution < 1.29 is 50.0 Å². The number of allylic oxidation sites excluding steroid dienone is 2. The lowest BCUT2D eigenvalue weighted by atomic mass is 9.98. The molecule has 64 heavy (non-hydrogen) atoms. The van der Waals surface area contributed by atoms with Crippen LogP contribution in [0.2, 0.25) is 0 Å². The number of hydrogen-bond donors (Lipinski definition) is 8. The van der Waals surface area contributed by atoms with Gasteiger partial charge in [-0.25, -0.2) is 0 Å². The number of hydrogen-bond acceptors (Lipinski definition) is 10. The number of aliphatic hydroxyl groups excluding tert-OH is 7. The first-order valence-electron chi connectivity index (χ1n) is 27.1. The van der Waals surface area contributed by atoms with E-state index in [2.05, 4.69) is 31.3 Å². The normalized spacial score (nSPS) is 21.0. The van der Waals surface area contributed by atoms with Crippen LogP contribution in [-0.2, 0) is 14.3 Å². The average Bonchev–Trinajstić information content (AvgIpc) is 3.29. The lowest BCUT2D eigenvalue weighted by Gasteiger charge is -2.40. The van der Waals surface area contributed by atoms with Crippen molar-refractivity contribution in [3.8, 4) is 0 Å². The maximum Gasteiger partial charge on any atom is 0.249 e. The van der Waals surface area contributed by atoms with E-state index in [1.165, 1.54) is 173 Å². The Morgan fingerprint density at radius 1 is 0.531 bits per heavy atom. The lowest BCUT2D eigenvalue weighted by Crippen LogP contribution is -2.60. The van der Waals surface area contributed by atoms with E-state index < -0.39 is 74.2 Å². The van der Waals surface area contributed by atoms with E-state index in [0.29, 0.717) is 12.8 Å². The fraction of sp³-hybridized carbons (Fsp3) is 0.943. The maximum absolute atomic E-state index is 13.1. The molecule has 0 bridgehead atoms. The largest absolute Gasteiger partial charge is 0.394 e. The number of carbonyl (C=O) groups is 1. The molecule has 0 aromatic rings. The first kappa shape index (κ1) is 60.9. The summed E-state index contributed by atoms with van der Waals surface area (Å²) in [5.74, 6) is -0.702. The topological polar surface area (TPSA) is 189 Å². The number of carbonyl (C=O) groups excluding carboxylic acids is 1. The Morgan fingerprint density at radius 2 is 0.922 bits per heavy atom. The molecule has 0 saturated carbocycles. The summed E-state index contributed by atoms with van der Waals surface area (Å²) in [7, 11) is 0. The highest BCUT2D eigenvalue weighted by molar-refractivity contribution is 5.80. The number of amides is 1. The lowest BCUT2D eigenvalue weighted by molar-refractivity contribution is -0.303. The molecule has 1 saturated heterocycles. The summed E-state index contributed by atoms with van der Waals surface area (Å²) < 4.78 is 11.1. The molecule has 0 aliphatic carbocycles.